The van der Waals surface area contributed by atoms with E-state index in [4.69, 9.17) is 18.8 Å². The third-order valence-corrected chi connectivity index (χ3v) is 6.62. The fraction of sp³-hybridized carbons (Fsp3) is 0.476. The Morgan fingerprint density at radius 3 is 2.32 bits per heavy atom. The number of hydrogen-bond acceptors (Lipinski definition) is 6. The Bertz CT molecular complexity index is 857. The molecule has 1 fully saturated rings. The molecule has 1 unspecified atom stereocenters. The van der Waals surface area contributed by atoms with Crippen molar-refractivity contribution in [3.05, 3.63) is 46.3 Å². The molecule has 28 heavy (non-hydrogen) atoms. The van der Waals surface area contributed by atoms with Gasteiger partial charge in [-0.25, -0.2) is 4.79 Å². The maximum absolute atomic E-state index is 12.3. The number of thiophene rings is 1. The van der Waals surface area contributed by atoms with E-state index in [2.05, 4.69) is 0 Å². The van der Waals surface area contributed by atoms with Gasteiger partial charge < -0.3 is 18.8 Å². The monoisotopic (exact) mass is 402 g/mol. The van der Waals surface area contributed by atoms with Crippen molar-refractivity contribution in [3.63, 3.8) is 0 Å². The fourth-order valence-corrected chi connectivity index (χ4v) is 4.06. The number of esters is 1. The number of methoxy groups -OCH3 is 1. The minimum atomic E-state index is -0.551. The minimum Gasteiger partial charge on any atom is -0.484 e. The summed E-state index contributed by atoms with van der Waals surface area (Å²) in [6.45, 7) is 12.0. The molecule has 7 heteroatoms. The predicted octanol–water partition coefficient (Wildman–Crippen LogP) is 4.28. The zero-order chi connectivity index (χ0) is 20.7. The van der Waals surface area contributed by atoms with Crippen molar-refractivity contribution in [2.75, 3.05) is 7.11 Å². The van der Waals surface area contributed by atoms with E-state index in [9.17, 15) is 4.79 Å². The molecule has 0 N–H and O–H groups in total. The Morgan fingerprint density at radius 1 is 1.14 bits per heavy atom. The first kappa shape index (κ1) is 20.9. The number of carbonyl (C=O) groups is 1. The van der Waals surface area contributed by atoms with Crippen LogP contribution in [0.5, 0.6) is 5.75 Å². The molecule has 2 aromatic rings. The molecule has 150 valence electrons. The summed E-state index contributed by atoms with van der Waals surface area (Å²) in [4.78, 5) is 12.7. The highest BCUT2D eigenvalue weighted by molar-refractivity contribution is 7.24. The Labute approximate surface area is 171 Å². The van der Waals surface area contributed by atoms with E-state index < -0.39 is 24.3 Å². The number of rotatable bonds is 5. The summed E-state index contributed by atoms with van der Waals surface area (Å²) in [5.41, 5.74) is 1.29. The van der Waals surface area contributed by atoms with E-state index in [1.165, 1.54) is 18.4 Å². The van der Waals surface area contributed by atoms with Crippen molar-refractivity contribution in [1.29, 1.82) is 0 Å². The lowest BCUT2D eigenvalue weighted by atomic mass is 9.88. The molecule has 1 aliphatic heterocycles. The van der Waals surface area contributed by atoms with E-state index in [-0.39, 0.29) is 6.10 Å². The molecule has 0 radical (unpaired) electrons. The summed E-state index contributed by atoms with van der Waals surface area (Å²) in [6.07, 6.45) is -0.217. The molecule has 1 atom stereocenters. The van der Waals surface area contributed by atoms with Crippen molar-refractivity contribution < 1.29 is 23.6 Å². The summed E-state index contributed by atoms with van der Waals surface area (Å²) < 4.78 is 24.2. The summed E-state index contributed by atoms with van der Waals surface area (Å²) >= 11 is 1.28. The highest BCUT2D eigenvalue weighted by Crippen LogP contribution is 2.38. The smallest absolute Gasteiger partial charge is 0.484 e. The molecule has 1 saturated heterocycles. The molecular formula is C21H27BO5S. The average Bonchev–Trinajstić information content (AvgIpc) is 3.12. The van der Waals surface area contributed by atoms with Crippen LogP contribution in [0.25, 0.3) is 0 Å². The molecule has 0 saturated carbocycles. The molecule has 1 aromatic carbocycles. The van der Waals surface area contributed by atoms with E-state index >= 15 is 0 Å². The van der Waals surface area contributed by atoms with Gasteiger partial charge in [0.05, 0.1) is 18.3 Å². The van der Waals surface area contributed by atoms with Gasteiger partial charge >= 0.3 is 13.1 Å². The zero-order valence-electron chi connectivity index (χ0n) is 17.5. The molecule has 5 nitrogen and oxygen atoms in total. The Kier molecular flexibility index (Phi) is 5.63. The third kappa shape index (κ3) is 3.84. The molecule has 0 amide bonds. The van der Waals surface area contributed by atoms with E-state index in [1.54, 1.807) is 0 Å². The molecule has 1 aliphatic rings. The molecular weight excluding hydrogens is 375 g/mol. The Balaban J connectivity index is 1.91. The first-order valence-corrected chi connectivity index (χ1v) is 10.2. The SMILES string of the molecule is COC(=O)c1sc(B2OC(C)(C)C(C)(C)O2)cc1OC(C)c1ccccc1C. The highest BCUT2D eigenvalue weighted by Gasteiger charge is 2.52. The summed E-state index contributed by atoms with van der Waals surface area (Å²) in [5.74, 6) is 0.0528. The van der Waals surface area contributed by atoms with Crippen LogP contribution in [-0.4, -0.2) is 31.4 Å². The topological polar surface area (TPSA) is 54.0 Å². The van der Waals surface area contributed by atoms with Crippen LogP contribution >= 0.6 is 11.3 Å². The number of ether oxygens (including phenoxy) is 2. The van der Waals surface area contributed by atoms with Crippen molar-refractivity contribution in [2.45, 2.75) is 58.8 Å². The summed E-state index contributed by atoms with van der Waals surface area (Å²) in [7, 11) is 0.815. The van der Waals surface area contributed by atoms with Crippen LogP contribution in [0.3, 0.4) is 0 Å². The van der Waals surface area contributed by atoms with Crippen molar-refractivity contribution in [1.82, 2.24) is 0 Å². The number of hydrogen-bond donors (Lipinski definition) is 0. The molecule has 1 aromatic heterocycles. The van der Waals surface area contributed by atoms with E-state index in [1.807, 2.05) is 71.9 Å². The highest BCUT2D eigenvalue weighted by atomic mass is 32.1. The van der Waals surface area contributed by atoms with Gasteiger partial charge in [-0.15, -0.1) is 11.3 Å². The van der Waals surface area contributed by atoms with Crippen LogP contribution in [-0.2, 0) is 14.0 Å². The van der Waals surface area contributed by atoms with Crippen molar-refractivity contribution >= 4 is 29.2 Å². The van der Waals surface area contributed by atoms with E-state index in [0.29, 0.717) is 10.6 Å². The van der Waals surface area contributed by atoms with Gasteiger partial charge in [0.25, 0.3) is 0 Å². The lowest BCUT2D eigenvalue weighted by Crippen LogP contribution is -2.41. The average molecular weight is 402 g/mol. The van der Waals surface area contributed by atoms with Crippen LogP contribution in [0.2, 0.25) is 0 Å². The second-order valence-electron chi connectivity index (χ2n) is 8.04. The van der Waals surface area contributed by atoms with Crippen LogP contribution < -0.4 is 9.51 Å². The number of aryl methyl sites for hydroxylation is 1. The van der Waals surface area contributed by atoms with Crippen molar-refractivity contribution in [2.24, 2.45) is 0 Å². The van der Waals surface area contributed by atoms with Crippen LogP contribution in [0.1, 0.15) is 61.5 Å². The zero-order valence-corrected chi connectivity index (χ0v) is 18.3. The largest absolute Gasteiger partial charge is 0.505 e. The number of carbonyl (C=O) groups excluding carboxylic acids is 1. The van der Waals surface area contributed by atoms with Gasteiger partial charge in [-0.05, 0) is 58.7 Å². The maximum Gasteiger partial charge on any atom is 0.505 e. The van der Waals surface area contributed by atoms with Gasteiger partial charge in [0, 0.05) is 4.78 Å². The first-order chi connectivity index (χ1) is 13.1. The van der Waals surface area contributed by atoms with Crippen LogP contribution in [0.15, 0.2) is 30.3 Å². The molecule has 0 spiro atoms. The quantitative estimate of drug-likeness (QED) is 0.552. The molecule has 3 rings (SSSR count). The van der Waals surface area contributed by atoms with Gasteiger partial charge in [0.1, 0.15) is 11.9 Å². The van der Waals surface area contributed by atoms with Crippen LogP contribution in [0.4, 0.5) is 0 Å². The summed E-state index contributed by atoms with van der Waals surface area (Å²) in [5, 5.41) is 0. The lowest BCUT2D eigenvalue weighted by Gasteiger charge is -2.32. The molecule has 2 heterocycles. The fourth-order valence-electron chi connectivity index (χ4n) is 3.09. The van der Waals surface area contributed by atoms with E-state index in [0.717, 1.165) is 15.9 Å². The Morgan fingerprint density at radius 2 is 1.75 bits per heavy atom. The predicted molar refractivity (Wildman–Crippen MR) is 112 cm³/mol. The standard InChI is InChI=1S/C21H27BO5S/c1-13-10-8-9-11-15(13)14(2)25-16-12-17(28-18(16)19(23)24-7)22-26-20(3,4)21(5,6)27-22/h8-12,14H,1-7H3. The molecule has 0 bridgehead atoms. The lowest BCUT2D eigenvalue weighted by molar-refractivity contribution is 0.00578. The summed E-state index contributed by atoms with van der Waals surface area (Å²) in [6, 6.07) is 9.87. The van der Waals surface area contributed by atoms with Crippen LogP contribution in [0, 0.1) is 6.92 Å². The van der Waals surface area contributed by atoms with Crippen molar-refractivity contribution in [3.8, 4) is 5.75 Å². The minimum absolute atomic E-state index is 0.217. The van der Waals surface area contributed by atoms with Gasteiger partial charge in [-0.2, -0.15) is 0 Å². The second-order valence-corrected chi connectivity index (χ2v) is 9.12. The first-order valence-electron chi connectivity index (χ1n) is 9.35. The maximum atomic E-state index is 12.3. The Hall–Kier alpha value is -1.83. The van der Waals surface area contributed by atoms with Gasteiger partial charge in [0.2, 0.25) is 0 Å². The third-order valence-electron chi connectivity index (χ3n) is 5.50. The van der Waals surface area contributed by atoms with Gasteiger partial charge in [-0.1, -0.05) is 24.3 Å². The normalized spacial score (nSPS) is 18.8. The number of benzene rings is 1. The van der Waals surface area contributed by atoms with Gasteiger partial charge in [-0.3, -0.25) is 0 Å². The molecule has 0 aliphatic carbocycles. The second kappa shape index (κ2) is 7.54. The van der Waals surface area contributed by atoms with Gasteiger partial charge in [0.15, 0.2) is 4.88 Å².